The lowest BCUT2D eigenvalue weighted by atomic mass is 10.1. The Bertz CT molecular complexity index is 828. The standard InChI is InChI=1S/C21H28N2O5/c1-13-9-14(2)19(15(3)10-13)28-20-18(21(25)27-6)17(11-16(4)22-20)23(12-24)7-8-26-5/h9-11,24H,7-8,12H2,1-6H3. The largest absolute Gasteiger partial charge is 0.465 e. The Morgan fingerprint density at radius 3 is 2.29 bits per heavy atom. The second-order valence-electron chi connectivity index (χ2n) is 6.68. The topological polar surface area (TPSA) is 81.1 Å². The van der Waals surface area contributed by atoms with Crippen molar-refractivity contribution in [3.8, 4) is 11.6 Å². The molecule has 2 rings (SSSR count). The Morgan fingerprint density at radius 1 is 1.11 bits per heavy atom. The van der Waals surface area contributed by atoms with Crippen LogP contribution in [0.25, 0.3) is 0 Å². The summed E-state index contributed by atoms with van der Waals surface area (Å²) in [6.07, 6.45) is 0. The van der Waals surface area contributed by atoms with Gasteiger partial charge in [0.05, 0.1) is 19.4 Å². The van der Waals surface area contributed by atoms with Crippen LogP contribution in [0.15, 0.2) is 18.2 Å². The van der Waals surface area contributed by atoms with Crippen LogP contribution in [0, 0.1) is 27.7 Å². The highest BCUT2D eigenvalue weighted by atomic mass is 16.5. The van der Waals surface area contributed by atoms with Crippen molar-refractivity contribution in [2.75, 3.05) is 39.0 Å². The number of carbonyl (C=O) groups is 1. The first-order chi connectivity index (χ1) is 13.3. The lowest BCUT2D eigenvalue weighted by Gasteiger charge is -2.25. The number of benzene rings is 1. The quantitative estimate of drug-likeness (QED) is 0.549. The average molecular weight is 388 g/mol. The summed E-state index contributed by atoms with van der Waals surface area (Å²) >= 11 is 0. The molecule has 0 aliphatic carbocycles. The SMILES string of the molecule is COCCN(CO)c1cc(C)nc(Oc2c(C)cc(C)cc2C)c1C(=O)OC. The van der Waals surface area contributed by atoms with E-state index >= 15 is 0 Å². The van der Waals surface area contributed by atoms with Crippen molar-refractivity contribution in [2.24, 2.45) is 0 Å². The number of rotatable bonds is 8. The van der Waals surface area contributed by atoms with Gasteiger partial charge in [0.2, 0.25) is 5.88 Å². The molecule has 152 valence electrons. The molecule has 7 heteroatoms. The lowest BCUT2D eigenvalue weighted by Crippen LogP contribution is -2.30. The van der Waals surface area contributed by atoms with Gasteiger partial charge in [0.15, 0.2) is 0 Å². The number of esters is 1. The minimum absolute atomic E-state index is 0.146. The third-order valence-corrected chi connectivity index (χ3v) is 4.36. The van der Waals surface area contributed by atoms with Gasteiger partial charge in [0, 0.05) is 19.3 Å². The molecule has 0 aliphatic rings. The number of methoxy groups -OCH3 is 2. The van der Waals surface area contributed by atoms with Crippen LogP contribution in [0.3, 0.4) is 0 Å². The van der Waals surface area contributed by atoms with E-state index in [1.54, 1.807) is 25.0 Å². The molecule has 0 aliphatic heterocycles. The first-order valence-corrected chi connectivity index (χ1v) is 9.02. The number of pyridine rings is 1. The number of aliphatic hydroxyl groups excluding tert-OH is 1. The van der Waals surface area contributed by atoms with Crippen molar-refractivity contribution < 1.29 is 24.1 Å². The highest BCUT2D eigenvalue weighted by molar-refractivity contribution is 5.98. The second-order valence-corrected chi connectivity index (χ2v) is 6.68. The number of nitrogens with zero attached hydrogens (tertiary/aromatic N) is 2. The molecular weight excluding hydrogens is 360 g/mol. The minimum atomic E-state index is -0.587. The van der Waals surface area contributed by atoms with Gasteiger partial charge in [-0.05, 0) is 44.9 Å². The Labute approximate surface area is 165 Å². The molecule has 28 heavy (non-hydrogen) atoms. The van der Waals surface area contributed by atoms with Crippen molar-refractivity contribution >= 4 is 11.7 Å². The predicted octanol–water partition coefficient (Wildman–Crippen LogP) is 3.30. The van der Waals surface area contributed by atoms with Crippen molar-refractivity contribution in [3.05, 3.63) is 46.1 Å². The van der Waals surface area contributed by atoms with Gasteiger partial charge in [-0.3, -0.25) is 0 Å². The van der Waals surface area contributed by atoms with Crippen LogP contribution < -0.4 is 9.64 Å². The van der Waals surface area contributed by atoms with E-state index in [2.05, 4.69) is 4.98 Å². The van der Waals surface area contributed by atoms with Gasteiger partial charge in [-0.25, -0.2) is 9.78 Å². The fourth-order valence-electron chi connectivity index (χ4n) is 3.14. The molecule has 7 nitrogen and oxygen atoms in total. The highest BCUT2D eigenvalue weighted by Gasteiger charge is 2.25. The van der Waals surface area contributed by atoms with Crippen LogP contribution in [-0.2, 0) is 9.47 Å². The van der Waals surface area contributed by atoms with Gasteiger partial charge >= 0.3 is 5.97 Å². The first kappa shape index (κ1) is 21.7. The number of aryl methyl sites for hydroxylation is 4. The molecule has 0 bridgehead atoms. The van der Waals surface area contributed by atoms with Crippen molar-refractivity contribution in [3.63, 3.8) is 0 Å². The van der Waals surface area contributed by atoms with E-state index in [0.29, 0.717) is 30.3 Å². The fourth-order valence-corrected chi connectivity index (χ4v) is 3.14. The van der Waals surface area contributed by atoms with Crippen LogP contribution >= 0.6 is 0 Å². The van der Waals surface area contributed by atoms with Gasteiger partial charge in [-0.1, -0.05) is 17.7 Å². The zero-order chi connectivity index (χ0) is 20.8. The molecular formula is C21H28N2O5. The zero-order valence-corrected chi connectivity index (χ0v) is 17.3. The summed E-state index contributed by atoms with van der Waals surface area (Å²) in [7, 11) is 2.88. The van der Waals surface area contributed by atoms with Gasteiger partial charge in [-0.2, -0.15) is 0 Å². The van der Waals surface area contributed by atoms with Crippen molar-refractivity contribution in [1.82, 2.24) is 4.98 Å². The maximum absolute atomic E-state index is 12.6. The molecule has 0 fully saturated rings. The molecule has 0 spiro atoms. The van der Waals surface area contributed by atoms with E-state index in [-0.39, 0.29) is 18.2 Å². The summed E-state index contributed by atoms with van der Waals surface area (Å²) in [5.41, 5.74) is 4.30. The van der Waals surface area contributed by atoms with Gasteiger partial charge < -0.3 is 24.2 Å². The molecule has 0 saturated carbocycles. The van der Waals surface area contributed by atoms with Crippen LogP contribution in [0.4, 0.5) is 5.69 Å². The summed E-state index contributed by atoms with van der Waals surface area (Å²) in [6, 6.07) is 5.74. The normalized spacial score (nSPS) is 10.7. The van der Waals surface area contributed by atoms with E-state index in [1.807, 2.05) is 32.9 Å². The third-order valence-electron chi connectivity index (χ3n) is 4.36. The van der Waals surface area contributed by atoms with Crippen LogP contribution in [0.2, 0.25) is 0 Å². The van der Waals surface area contributed by atoms with Crippen LogP contribution in [-0.4, -0.2) is 50.2 Å². The monoisotopic (exact) mass is 388 g/mol. The van der Waals surface area contributed by atoms with E-state index in [0.717, 1.165) is 16.7 Å². The van der Waals surface area contributed by atoms with E-state index in [9.17, 15) is 9.90 Å². The van der Waals surface area contributed by atoms with E-state index in [4.69, 9.17) is 14.2 Å². The maximum Gasteiger partial charge on any atom is 0.345 e. The maximum atomic E-state index is 12.6. The molecule has 0 atom stereocenters. The molecule has 0 amide bonds. The number of carbonyl (C=O) groups excluding carboxylic acids is 1. The van der Waals surface area contributed by atoms with E-state index < -0.39 is 5.97 Å². The number of aromatic nitrogens is 1. The first-order valence-electron chi connectivity index (χ1n) is 9.02. The van der Waals surface area contributed by atoms with Crippen molar-refractivity contribution in [2.45, 2.75) is 27.7 Å². The Balaban J connectivity index is 2.62. The highest BCUT2D eigenvalue weighted by Crippen LogP contribution is 2.35. The smallest absolute Gasteiger partial charge is 0.345 e. The summed E-state index contributed by atoms with van der Waals surface area (Å²) < 4.78 is 16.2. The van der Waals surface area contributed by atoms with E-state index in [1.165, 1.54) is 7.11 Å². The van der Waals surface area contributed by atoms with Gasteiger partial charge in [0.1, 0.15) is 18.0 Å². The Kier molecular flexibility index (Phi) is 7.37. The summed E-state index contributed by atoms with van der Waals surface area (Å²) in [5.74, 6) is 0.204. The molecule has 2 aromatic rings. The fraction of sp³-hybridized carbons (Fsp3) is 0.429. The molecule has 1 heterocycles. The number of aliphatic hydroxyl groups is 1. The molecule has 0 unspecified atom stereocenters. The zero-order valence-electron chi connectivity index (χ0n) is 17.3. The Hall–Kier alpha value is -2.64. The number of hydrogen-bond donors (Lipinski definition) is 1. The molecule has 0 saturated heterocycles. The number of anilines is 1. The molecule has 1 N–H and O–H groups in total. The van der Waals surface area contributed by atoms with Gasteiger partial charge in [0.25, 0.3) is 0 Å². The molecule has 1 aromatic carbocycles. The predicted molar refractivity (Wildman–Crippen MR) is 107 cm³/mol. The summed E-state index contributed by atoms with van der Waals surface area (Å²) in [4.78, 5) is 18.6. The molecule has 0 radical (unpaired) electrons. The average Bonchev–Trinajstić information content (AvgIpc) is 2.64. The number of ether oxygens (including phenoxy) is 3. The number of hydrogen-bond acceptors (Lipinski definition) is 7. The molecule has 1 aromatic heterocycles. The van der Waals surface area contributed by atoms with Crippen molar-refractivity contribution in [1.29, 1.82) is 0 Å². The second kappa shape index (κ2) is 9.52. The van der Waals surface area contributed by atoms with Gasteiger partial charge in [-0.15, -0.1) is 0 Å². The third kappa shape index (κ3) is 4.79. The minimum Gasteiger partial charge on any atom is -0.465 e. The van der Waals surface area contributed by atoms with Crippen LogP contribution in [0.5, 0.6) is 11.6 Å². The Morgan fingerprint density at radius 2 is 1.75 bits per heavy atom. The summed E-state index contributed by atoms with van der Waals surface area (Å²) in [5, 5.41) is 9.83. The van der Waals surface area contributed by atoms with Crippen LogP contribution in [0.1, 0.15) is 32.7 Å². The summed E-state index contributed by atoms with van der Waals surface area (Å²) in [6.45, 7) is 8.20. The lowest BCUT2D eigenvalue weighted by molar-refractivity contribution is 0.0597.